The molecule has 1 N–H and O–H groups in total. The van der Waals surface area contributed by atoms with E-state index in [0.29, 0.717) is 5.82 Å². The number of aryl methyl sites for hydroxylation is 1. The van der Waals surface area contributed by atoms with Crippen molar-refractivity contribution in [3.63, 3.8) is 0 Å². The highest BCUT2D eigenvalue weighted by Gasteiger charge is 2.19. The summed E-state index contributed by atoms with van der Waals surface area (Å²) in [6.45, 7) is 5.99. The first kappa shape index (κ1) is 14.7. The molecule has 0 spiro atoms. The van der Waals surface area contributed by atoms with Crippen LogP contribution in [-0.2, 0) is 6.42 Å². The summed E-state index contributed by atoms with van der Waals surface area (Å²) in [6, 6.07) is 5.86. The van der Waals surface area contributed by atoms with Crippen molar-refractivity contribution in [1.82, 2.24) is 14.8 Å². The molecular formula is C14H16BrN3O2. The summed E-state index contributed by atoms with van der Waals surface area (Å²) < 4.78 is 2.63. The fraction of sp³-hybridized carbons (Fsp3) is 0.357. The third-order valence-corrected chi connectivity index (χ3v) is 3.48. The molecular weight excluding hydrogens is 322 g/mol. The first-order chi connectivity index (χ1) is 9.43. The lowest BCUT2D eigenvalue weighted by atomic mass is 10.1. The standard InChI is InChI=1S/C14H16BrN3O2/c1-4-9-7-10(15)5-6-11(9)18-13(8(2)3)16-12(17-18)14(19)20/h5-8H,4H2,1-3H3,(H,19,20). The number of carboxylic acid groups (broad SMARTS) is 1. The van der Waals surface area contributed by atoms with Gasteiger partial charge in [0.2, 0.25) is 0 Å². The Morgan fingerprint density at radius 3 is 2.70 bits per heavy atom. The zero-order chi connectivity index (χ0) is 14.9. The first-order valence-electron chi connectivity index (χ1n) is 6.43. The van der Waals surface area contributed by atoms with Crippen molar-refractivity contribution in [2.24, 2.45) is 0 Å². The Morgan fingerprint density at radius 2 is 2.15 bits per heavy atom. The van der Waals surface area contributed by atoms with Crippen LogP contribution in [0.1, 0.15) is 48.7 Å². The van der Waals surface area contributed by atoms with Crippen molar-refractivity contribution in [2.75, 3.05) is 0 Å². The van der Waals surface area contributed by atoms with Gasteiger partial charge in [0.15, 0.2) is 0 Å². The summed E-state index contributed by atoms with van der Waals surface area (Å²) in [4.78, 5) is 15.2. The van der Waals surface area contributed by atoms with Gasteiger partial charge in [0, 0.05) is 10.4 Å². The van der Waals surface area contributed by atoms with Gasteiger partial charge >= 0.3 is 5.97 Å². The second-order valence-corrected chi connectivity index (χ2v) is 5.71. The molecule has 0 atom stereocenters. The molecule has 0 unspecified atom stereocenters. The van der Waals surface area contributed by atoms with Crippen LogP contribution in [0.4, 0.5) is 0 Å². The van der Waals surface area contributed by atoms with E-state index >= 15 is 0 Å². The van der Waals surface area contributed by atoms with Crippen LogP contribution in [0.2, 0.25) is 0 Å². The topological polar surface area (TPSA) is 68.0 Å². The van der Waals surface area contributed by atoms with Gasteiger partial charge in [-0.05, 0) is 30.2 Å². The minimum absolute atomic E-state index is 0.0870. The summed E-state index contributed by atoms with van der Waals surface area (Å²) >= 11 is 3.45. The van der Waals surface area contributed by atoms with Gasteiger partial charge in [-0.1, -0.05) is 36.7 Å². The Morgan fingerprint density at radius 1 is 1.45 bits per heavy atom. The fourth-order valence-corrected chi connectivity index (χ4v) is 2.42. The minimum Gasteiger partial charge on any atom is -0.475 e. The zero-order valence-corrected chi connectivity index (χ0v) is 13.2. The Labute approximate surface area is 125 Å². The molecule has 0 bridgehead atoms. The molecule has 2 aromatic rings. The van der Waals surface area contributed by atoms with Gasteiger partial charge in [0.1, 0.15) is 5.82 Å². The minimum atomic E-state index is -1.11. The Bertz CT molecular complexity index is 650. The second-order valence-electron chi connectivity index (χ2n) is 4.79. The molecule has 1 aromatic heterocycles. The number of hydrogen-bond acceptors (Lipinski definition) is 3. The van der Waals surface area contributed by atoms with Gasteiger partial charge < -0.3 is 5.11 Å². The predicted molar refractivity (Wildman–Crippen MR) is 79.5 cm³/mol. The smallest absolute Gasteiger partial charge is 0.375 e. The van der Waals surface area contributed by atoms with Gasteiger partial charge in [0.25, 0.3) is 5.82 Å². The van der Waals surface area contributed by atoms with E-state index in [2.05, 4.69) is 32.9 Å². The number of rotatable bonds is 4. The Hall–Kier alpha value is -1.69. The van der Waals surface area contributed by atoms with Crippen LogP contribution in [0.25, 0.3) is 5.69 Å². The maximum absolute atomic E-state index is 11.1. The van der Waals surface area contributed by atoms with E-state index in [4.69, 9.17) is 5.11 Å². The van der Waals surface area contributed by atoms with Crippen molar-refractivity contribution >= 4 is 21.9 Å². The summed E-state index contributed by atoms with van der Waals surface area (Å²) in [7, 11) is 0. The first-order valence-corrected chi connectivity index (χ1v) is 7.22. The normalized spacial score (nSPS) is 11.1. The van der Waals surface area contributed by atoms with Gasteiger partial charge in [-0.2, -0.15) is 0 Å². The van der Waals surface area contributed by atoms with E-state index in [9.17, 15) is 4.79 Å². The number of aromatic carboxylic acids is 1. The van der Waals surface area contributed by atoms with Gasteiger partial charge in [0.05, 0.1) is 5.69 Å². The zero-order valence-electron chi connectivity index (χ0n) is 11.6. The molecule has 0 radical (unpaired) electrons. The molecule has 6 heteroatoms. The summed E-state index contributed by atoms with van der Waals surface area (Å²) in [5.41, 5.74) is 1.96. The van der Waals surface area contributed by atoms with E-state index in [1.165, 1.54) is 0 Å². The van der Waals surface area contributed by atoms with Crippen molar-refractivity contribution in [2.45, 2.75) is 33.1 Å². The van der Waals surface area contributed by atoms with E-state index in [1.54, 1.807) is 4.68 Å². The number of carboxylic acids is 1. The van der Waals surface area contributed by atoms with Crippen LogP contribution in [0, 0.1) is 0 Å². The van der Waals surface area contributed by atoms with Crippen LogP contribution in [0.3, 0.4) is 0 Å². The van der Waals surface area contributed by atoms with Crippen molar-refractivity contribution in [3.05, 3.63) is 39.9 Å². The Balaban J connectivity index is 2.65. The van der Waals surface area contributed by atoms with Crippen LogP contribution in [0.5, 0.6) is 0 Å². The van der Waals surface area contributed by atoms with Gasteiger partial charge in [-0.15, -0.1) is 5.10 Å². The molecule has 2 rings (SSSR count). The number of hydrogen-bond donors (Lipinski definition) is 1. The molecule has 0 aliphatic heterocycles. The highest BCUT2D eigenvalue weighted by Crippen LogP contribution is 2.24. The molecule has 20 heavy (non-hydrogen) atoms. The lowest BCUT2D eigenvalue weighted by Gasteiger charge is -2.12. The molecule has 0 fully saturated rings. The number of carbonyl (C=O) groups is 1. The Kier molecular flexibility index (Phi) is 4.23. The van der Waals surface area contributed by atoms with E-state index in [-0.39, 0.29) is 11.7 Å². The van der Waals surface area contributed by atoms with Gasteiger partial charge in [-0.25, -0.2) is 14.5 Å². The SMILES string of the molecule is CCc1cc(Br)ccc1-n1nc(C(=O)O)nc1C(C)C. The monoisotopic (exact) mass is 337 g/mol. The van der Waals surface area contributed by atoms with Crippen molar-refractivity contribution < 1.29 is 9.90 Å². The van der Waals surface area contributed by atoms with Crippen molar-refractivity contribution in [3.8, 4) is 5.69 Å². The average molecular weight is 338 g/mol. The molecule has 106 valence electrons. The molecule has 0 amide bonds. The highest BCUT2D eigenvalue weighted by atomic mass is 79.9. The predicted octanol–water partition coefficient (Wildman–Crippen LogP) is 3.41. The fourth-order valence-electron chi connectivity index (χ4n) is 2.01. The lowest BCUT2D eigenvalue weighted by Crippen LogP contribution is -2.07. The summed E-state index contributed by atoms with van der Waals surface area (Å²) in [5.74, 6) is -0.539. The molecule has 1 aromatic carbocycles. The largest absolute Gasteiger partial charge is 0.475 e. The number of halogens is 1. The van der Waals surface area contributed by atoms with Crippen LogP contribution < -0.4 is 0 Å². The molecule has 0 aliphatic carbocycles. The molecule has 0 saturated heterocycles. The van der Waals surface area contributed by atoms with Crippen LogP contribution >= 0.6 is 15.9 Å². The molecule has 0 saturated carbocycles. The van der Waals surface area contributed by atoms with E-state index in [0.717, 1.165) is 22.1 Å². The number of nitrogens with zero attached hydrogens (tertiary/aromatic N) is 3. The number of aromatic nitrogens is 3. The second kappa shape index (κ2) is 5.75. The summed E-state index contributed by atoms with van der Waals surface area (Å²) in [6.07, 6.45) is 0.828. The quantitative estimate of drug-likeness (QED) is 0.928. The molecule has 0 aliphatic rings. The average Bonchev–Trinajstić information content (AvgIpc) is 2.83. The third-order valence-electron chi connectivity index (χ3n) is 2.99. The van der Waals surface area contributed by atoms with Crippen molar-refractivity contribution in [1.29, 1.82) is 0 Å². The molecule has 5 nitrogen and oxygen atoms in total. The summed E-state index contributed by atoms with van der Waals surface area (Å²) in [5, 5.41) is 13.2. The van der Waals surface area contributed by atoms with E-state index in [1.807, 2.05) is 32.0 Å². The maximum Gasteiger partial charge on any atom is 0.375 e. The van der Waals surface area contributed by atoms with E-state index < -0.39 is 5.97 Å². The maximum atomic E-state index is 11.1. The van der Waals surface area contributed by atoms with Gasteiger partial charge in [-0.3, -0.25) is 0 Å². The van der Waals surface area contributed by atoms with Crippen LogP contribution in [0.15, 0.2) is 22.7 Å². The number of benzene rings is 1. The highest BCUT2D eigenvalue weighted by molar-refractivity contribution is 9.10. The molecule has 1 heterocycles. The lowest BCUT2D eigenvalue weighted by molar-refractivity contribution is 0.0683. The third kappa shape index (κ3) is 2.75. The van der Waals surface area contributed by atoms with Crippen LogP contribution in [-0.4, -0.2) is 25.8 Å².